The monoisotopic (exact) mass is 470 g/mol. The van der Waals surface area contributed by atoms with Gasteiger partial charge >= 0.3 is 116 Å². The van der Waals surface area contributed by atoms with Gasteiger partial charge in [0.1, 0.15) is 0 Å². The van der Waals surface area contributed by atoms with Crippen molar-refractivity contribution < 1.29 is 59.1 Å². The minimum atomic E-state index is -5.25. The molecule has 0 aliphatic rings. The van der Waals surface area contributed by atoms with Crippen LogP contribution in [0.2, 0.25) is 0 Å². The molecular formula is H7Cr2NaO8Pb. The van der Waals surface area contributed by atoms with E-state index in [4.69, 9.17) is 31.8 Å². The third-order valence-electron chi connectivity index (χ3n) is 0. The quantitative estimate of drug-likeness (QED) is 0.261. The third-order valence-corrected chi connectivity index (χ3v) is 0. The molecule has 72 valence electrons. The predicted octanol–water partition coefficient (Wildman–Crippen LogP) is -4.27. The van der Waals surface area contributed by atoms with Crippen LogP contribution < -0.4 is 0 Å². The van der Waals surface area contributed by atoms with Gasteiger partial charge < -0.3 is 0 Å². The molecule has 0 amide bonds. The standard InChI is InChI=1S/2Cr.Na.4H2O.4O.Pb.3H/h;;;4*1H2;;;;;;;;/q2*+2;;;;;;;;;;;;;/p-4. The Balaban J connectivity index is -0.0000000457. The van der Waals surface area contributed by atoms with E-state index in [1.54, 1.807) is 0 Å². The van der Waals surface area contributed by atoms with Crippen LogP contribution >= 0.6 is 0 Å². The van der Waals surface area contributed by atoms with E-state index in [2.05, 4.69) is 0 Å². The fourth-order valence-electron chi connectivity index (χ4n) is 0. The summed E-state index contributed by atoms with van der Waals surface area (Å²) in [5.74, 6) is 0. The molecule has 8 nitrogen and oxygen atoms in total. The van der Waals surface area contributed by atoms with E-state index in [0.29, 0.717) is 0 Å². The van der Waals surface area contributed by atoms with E-state index in [-0.39, 0.29) is 56.9 Å². The predicted molar refractivity (Wildman–Crippen MR) is 27.3 cm³/mol. The summed E-state index contributed by atoms with van der Waals surface area (Å²) in [5.41, 5.74) is 0. The van der Waals surface area contributed by atoms with E-state index in [1.807, 2.05) is 0 Å². The van der Waals surface area contributed by atoms with Crippen LogP contribution in [-0.2, 0) is 42.4 Å². The second-order valence-corrected chi connectivity index (χ2v) is 3.69. The van der Waals surface area contributed by atoms with E-state index in [9.17, 15) is 0 Å². The Labute approximate surface area is 114 Å². The van der Waals surface area contributed by atoms with Gasteiger partial charge in [-0.15, -0.1) is 0 Å². The molecule has 0 saturated heterocycles. The van der Waals surface area contributed by atoms with Gasteiger partial charge in [-0.25, -0.2) is 0 Å². The van der Waals surface area contributed by atoms with Gasteiger partial charge in [0.25, 0.3) is 0 Å². The zero-order valence-corrected chi connectivity index (χ0v) is 13.0. The van der Waals surface area contributed by atoms with E-state index < -0.39 is 27.2 Å². The Kier molecular flexibility index (Phi) is 18.9. The molecule has 0 aliphatic heterocycles. The second kappa shape index (κ2) is 9.58. The SMILES string of the molecule is [NaH].[O]=[Cr](=[O])([OH])[OH].[O]=[Cr](=[O])([OH])[OH].[PbH2]. The van der Waals surface area contributed by atoms with E-state index in [1.165, 1.54) is 0 Å². The average molecular weight is 469 g/mol. The zero-order valence-electron chi connectivity index (χ0n) is 4.95. The van der Waals surface area contributed by atoms with Crippen molar-refractivity contribution in [3.63, 3.8) is 0 Å². The summed E-state index contributed by atoms with van der Waals surface area (Å²) in [7, 11) is 0. The van der Waals surface area contributed by atoms with Crippen LogP contribution in [0.25, 0.3) is 0 Å². The fraction of sp³-hybridized carbons (Fsp3) is 0. The summed E-state index contributed by atoms with van der Waals surface area (Å²) < 4.78 is 63.8. The van der Waals surface area contributed by atoms with Gasteiger partial charge in [-0.3, -0.25) is 0 Å². The van der Waals surface area contributed by atoms with E-state index >= 15 is 0 Å². The molecule has 0 heterocycles. The molecule has 4 N–H and O–H groups in total. The van der Waals surface area contributed by atoms with Gasteiger partial charge in [0.2, 0.25) is 0 Å². The molecule has 2 radical (unpaired) electrons. The first-order valence-corrected chi connectivity index (χ1v) is 5.76. The second-order valence-electron chi connectivity index (χ2n) is 0.896. The number of hydrogen-bond acceptors (Lipinski definition) is 4. The van der Waals surface area contributed by atoms with Crippen LogP contribution in [-0.4, -0.2) is 73.5 Å². The molecule has 0 aromatic carbocycles. The Hall–Kier alpha value is 2.03. The number of hydrogen-bond donors (Lipinski definition) is 4. The van der Waals surface area contributed by atoms with Crippen molar-refractivity contribution in [3.8, 4) is 0 Å². The van der Waals surface area contributed by atoms with Crippen molar-refractivity contribution in [2.24, 2.45) is 0 Å². The Morgan fingerprint density at radius 1 is 0.667 bits per heavy atom. The molecule has 0 rings (SSSR count). The van der Waals surface area contributed by atoms with Crippen molar-refractivity contribution in [1.29, 1.82) is 0 Å². The summed E-state index contributed by atoms with van der Waals surface area (Å²) >= 11 is -10.5. The first-order valence-electron chi connectivity index (χ1n) is 1.40. The molecular weight excluding hydrogens is 462 g/mol. The molecule has 0 aromatic heterocycles. The van der Waals surface area contributed by atoms with Crippen LogP contribution in [0.4, 0.5) is 0 Å². The van der Waals surface area contributed by atoms with E-state index in [0.717, 1.165) is 0 Å². The summed E-state index contributed by atoms with van der Waals surface area (Å²) in [6.45, 7) is 0. The van der Waals surface area contributed by atoms with Crippen LogP contribution in [0.3, 0.4) is 0 Å². The van der Waals surface area contributed by atoms with Gasteiger partial charge in [-0.05, 0) is 0 Å². The van der Waals surface area contributed by atoms with Crippen LogP contribution in [0.1, 0.15) is 0 Å². The first kappa shape index (κ1) is 23.7. The van der Waals surface area contributed by atoms with Crippen LogP contribution in [0, 0.1) is 0 Å². The zero-order chi connectivity index (χ0) is 9.00. The van der Waals surface area contributed by atoms with Gasteiger partial charge in [0, 0.05) is 0 Å². The molecule has 12 heteroatoms. The molecule has 0 aliphatic carbocycles. The van der Waals surface area contributed by atoms with Crippen LogP contribution in [0.5, 0.6) is 0 Å². The van der Waals surface area contributed by atoms with Crippen molar-refractivity contribution >= 4 is 56.9 Å². The summed E-state index contributed by atoms with van der Waals surface area (Å²) in [6.07, 6.45) is 0. The average Bonchev–Trinajstić information content (AvgIpc) is 1.12. The van der Waals surface area contributed by atoms with Gasteiger partial charge in [-0.2, -0.15) is 0 Å². The van der Waals surface area contributed by atoms with Gasteiger partial charge in [-0.1, -0.05) is 0 Å². The third kappa shape index (κ3) is 356. The Morgan fingerprint density at radius 2 is 0.667 bits per heavy atom. The van der Waals surface area contributed by atoms with Gasteiger partial charge in [0.05, 0.1) is 0 Å². The van der Waals surface area contributed by atoms with Crippen molar-refractivity contribution in [2.45, 2.75) is 0 Å². The molecule has 12 heavy (non-hydrogen) atoms. The summed E-state index contributed by atoms with van der Waals surface area (Å²) in [4.78, 5) is 0. The van der Waals surface area contributed by atoms with Crippen LogP contribution in [0.15, 0.2) is 0 Å². The number of rotatable bonds is 0. The van der Waals surface area contributed by atoms with Gasteiger partial charge in [0.15, 0.2) is 0 Å². The molecule has 0 unspecified atom stereocenters. The van der Waals surface area contributed by atoms with Crippen molar-refractivity contribution in [3.05, 3.63) is 0 Å². The molecule has 0 saturated carbocycles. The normalized spacial score (nSPS) is 9.67. The Bertz CT molecular complexity index is 213. The Morgan fingerprint density at radius 3 is 0.667 bits per heavy atom. The van der Waals surface area contributed by atoms with Crippen molar-refractivity contribution in [1.82, 2.24) is 0 Å². The summed E-state index contributed by atoms with van der Waals surface area (Å²) in [5, 5.41) is 0. The maximum absolute atomic E-state index is 8.82. The topological polar surface area (TPSA) is 149 Å². The summed E-state index contributed by atoms with van der Waals surface area (Å²) in [6, 6.07) is 0. The molecule has 0 atom stereocenters. The molecule has 0 bridgehead atoms. The molecule has 0 fully saturated rings. The fourth-order valence-corrected chi connectivity index (χ4v) is 0. The first-order chi connectivity index (χ1) is 4.00. The molecule has 0 spiro atoms. The minimum absolute atomic E-state index is 0. The molecule has 0 aromatic rings. The maximum atomic E-state index is 8.82. The van der Waals surface area contributed by atoms with Crippen molar-refractivity contribution in [2.75, 3.05) is 0 Å².